The molecular formula is C11H16F3N3O. The van der Waals surface area contributed by atoms with Gasteiger partial charge in [-0.25, -0.2) is 0 Å². The minimum atomic E-state index is -4.14. The van der Waals surface area contributed by atoms with Crippen LogP contribution in [-0.2, 0) is 0 Å². The molecular weight excluding hydrogens is 247 g/mol. The minimum Gasteiger partial charge on any atom is -0.339 e. The van der Waals surface area contributed by atoms with Gasteiger partial charge < -0.3 is 10.3 Å². The highest BCUT2D eigenvalue weighted by Gasteiger charge is 2.43. The van der Waals surface area contributed by atoms with E-state index in [2.05, 4.69) is 10.1 Å². The molecule has 1 fully saturated rings. The van der Waals surface area contributed by atoms with Crippen LogP contribution in [0.5, 0.6) is 0 Å². The topological polar surface area (TPSA) is 64.9 Å². The highest BCUT2D eigenvalue weighted by Crippen LogP contribution is 2.43. The fraction of sp³-hybridized carbons (Fsp3) is 0.818. The van der Waals surface area contributed by atoms with Gasteiger partial charge in [0.05, 0.1) is 12.0 Å². The molecule has 1 aromatic heterocycles. The lowest BCUT2D eigenvalue weighted by Crippen LogP contribution is -2.28. The summed E-state index contributed by atoms with van der Waals surface area (Å²) in [5, 5.41) is 3.69. The predicted octanol–water partition coefficient (Wildman–Crippen LogP) is 2.93. The maximum Gasteiger partial charge on any atom is 0.391 e. The van der Waals surface area contributed by atoms with E-state index in [4.69, 9.17) is 10.3 Å². The van der Waals surface area contributed by atoms with E-state index in [1.807, 2.05) is 0 Å². The summed E-state index contributed by atoms with van der Waals surface area (Å²) in [5.41, 5.74) is 5.59. The second-order valence-corrected chi connectivity index (χ2v) is 4.88. The number of nitrogens with two attached hydrogens (primary N) is 1. The van der Waals surface area contributed by atoms with Crippen LogP contribution in [-0.4, -0.2) is 16.3 Å². The maximum absolute atomic E-state index is 12.7. The van der Waals surface area contributed by atoms with Crippen LogP contribution in [0.1, 0.15) is 56.3 Å². The zero-order valence-electron chi connectivity index (χ0n) is 10.1. The summed E-state index contributed by atoms with van der Waals surface area (Å²) in [5.74, 6) is -0.928. The second kappa shape index (κ2) is 4.87. The monoisotopic (exact) mass is 263 g/mol. The largest absolute Gasteiger partial charge is 0.391 e. The van der Waals surface area contributed by atoms with Gasteiger partial charge in [0, 0.05) is 5.92 Å². The SMILES string of the molecule is CC(N)c1noc(C2CCCC(C(F)(F)F)C2)n1. The van der Waals surface area contributed by atoms with Gasteiger partial charge in [-0.2, -0.15) is 18.2 Å². The summed E-state index contributed by atoms with van der Waals surface area (Å²) in [6.45, 7) is 1.70. The molecule has 0 saturated heterocycles. The standard InChI is InChI=1S/C11H16F3N3O/c1-6(15)9-16-10(18-17-9)7-3-2-4-8(5-7)11(12,13)14/h6-8H,2-5,15H2,1H3. The van der Waals surface area contributed by atoms with E-state index >= 15 is 0 Å². The lowest BCUT2D eigenvalue weighted by atomic mass is 9.81. The molecule has 1 aliphatic carbocycles. The van der Waals surface area contributed by atoms with Gasteiger partial charge in [-0.3, -0.25) is 0 Å². The highest BCUT2D eigenvalue weighted by atomic mass is 19.4. The van der Waals surface area contributed by atoms with Crippen molar-refractivity contribution in [1.29, 1.82) is 0 Å². The molecule has 1 aromatic rings. The summed E-state index contributed by atoms with van der Waals surface area (Å²) in [6, 6.07) is -0.371. The molecule has 102 valence electrons. The van der Waals surface area contributed by atoms with Crippen LogP contribution in [0.3, 0.4) is 0 Å². The van der Waals surface area contributed by atoms with Gasteiger partial charge in [-0.05, 0) is 26.2 Å². The Balaban J connectivity index is 2.08. The smallest absolute Gasteiger partial charge is 0.339 e. The molecule has 1 saturated carbocycles. The van der Waals surface area contributed by atoms with Crippen molar-refractivity contribution in [2.45, 2.75) is 50.7 Å². The Morgan fingerprint density at radius 2 is 2.11 bits per heavy atom. The first-order chi connectivity index (χ1) is 8.38. The molecule has 2 N–H and O–H groups in total. The molecule has 2 rings (SSSR count). The summed E-state index contributed by atoms with van der Waals surface area (Å²) in [7, 11) is 0. The van der Waals surface area contributed by atoms with Crippen LogP contribution in [0, 0.1) is 5.92 Å². The van der Waals surface area contributed by atoms with Crippen LogP contribution in [0.25, 0.3) is 0 Å². The summed E-state index contributed by atoms with van der Waals surface area (Å²) in [4.78, 5) is 4.08. The third-order valence-corrected chi connectivity index (χ3v) is 3.35. The molecule has 3 unspecified atom stereocenters. The Labute approximate surface area is 103 Å². The number of alkyl halides is 3. The maximum atomic E-state index is 12.7. The quantitative estimate of drug-likeness (QED) is 0.891. The van der Waals surface area contributed by atoms with Gasteiger partial charge >= 0.3 is 6.18 Å². The molecule has 0 spiro atoms. The van der Waals surface area contributed by atoms with Crippen LogP contribution in [0.15, 0.2) is 4.52 Å². The van der Waals surface area contributed by atoms with E-state index in [0.29, 0.717) is 18.7 Å². The van der Waals surface area contributed by atoms with Crippen LogP contribution in [0.2, 0.25) is 0 Å². The van der Waals surface area contributed by atoms with Crippen molar-refractivity contribution in [3.63, 3.8) is 0 Å². The van der Waals surface area contributed by atoms with Gasteiger partial charge in [-0.1, -0.05) is 11.6 Å². The van der Waals surface area contributed by atoms with Crippen molar-refractivity contribution in [3.8, 4) is 0 Å². The first kappa shape index (κ1) is 13.3. The molecule has 0 amide bonds. The first-order valence-electron chi connectivity index (χ1n) is 6.03. The lowest BCUT2D eigenvalue weighted by molar-refractivity contribution is -0.183. The molecule has 1 heterocycles. The Morgan fingerprint density at radius 1 is 1.39 bits per heavy atom. The van der Waals surface area contributed by atoms with Crippen molar-refractivity contribution in [2.75, 3.05) is 0 Å². The van der Waals surface area contributed by atoms with Crippen molar-refractivity contribution in [3.05, 3.63) is 11.7 Å². The molecule has 0 bridgehead atoms. The summed E-state index contributed by atoms with van der Waals surface area (Å²) >= 11 is 0. The Bertz CT molecular complexity index is 402. The van der Waals surface area contributed by atoms with Crippen LogP contribution in [0.4, 0.5) is 13.2 Å². The number of halogens is 3. The van der Waals surface area contributed by atoms with Gasteiger partial charge in [0.25, 0.3) is 0 Å². The molecule has 7 heteroatoms. The average Bonchev–Trinajstić information content (AvgIpc) is 2.77. The molecule has 0 aliphatic heterocycles. The zero-order valence-corrected chi connectivity index (χ0v) is 10.1. The van der Waals surface area contributed by atoms with Gasteiger partial charge in [0.2, 0.25) is 5.89 Å². The molecule has 3 atom stereocenters. The summed E-state index contributed by atoms with van der Waals surface area (Å²) < 4.78 is 43.0. The Hall–Kier alpha value is -1.11. The highest BCUT2D eigenvalue weighted by molar-refractivity contribution is 4.99. The molecule has 1 aliphatic rings. The minimum absolute atomic E-state index is 0.0318. The molecule has 4 nitrogen and oxygen atoms in total. The zero-order chi connectivity index (χ0) is 13.3. The number of nitrogens with zero attached hydrogens (tertiary/aromatic N) is 2. The average molecular weight is 263 g/mol. The van der Waals surface area contributed by atoms with E-state index in [-0.39, 0.29) is 30.7 Å². The number of hydrogen-bond donors (Lipinski definition) is 1. The van der Waals surface area contributed by atoms with Crippen molar-refractivity contribution >= 4 is 0 Å². The van der Waals surface area contributed by atoms with Crippen molar-refractivity contribution in [1.82, 2.24) is 10.1 Å². The predicted molar refractivity (Wildman–Crippen MR) is 57.7 cm³/mol. The van der Waals surface area contributed by atoms with E-state index in [1.54, 1.807) is 6.92 Å². The van der Waals surface area contributed by atoms with Crippen molar-refractivity contribution in [2.24, 2.45) is 11.7 Å². The molecule has 18 heavy (non-hydrogen) atoms. The third kappa shape index (κ3) is 2.82. The number of hydrogen-bond acceptors (Lipinski definition) is 4. The number of aromatic nitrogens is 2. The number of rotatable bonds is 2. The summed E-state index contributed by atoms with van der Waals surface area (Å²) in [6.07, 6.45) is -2.72. The Kier molecular flexibility index (Phi) is 3.61. The fourth-order valence-electron chi connectivity index (χ4n) is 2.31. The van der Waals surface area contributed by atoms with E-state index in [0.717, 1.165) is 0 Å². The van der Waals surface area contributed by atoms with E-state index in [1.165, 1.54) is 0 Å². The van der Waals surface area contributed by atoms with E-state index < -0.39 is 12.1 Å². The lowest BCUT2D eigenvalue weighted by Gasteiger charge is -2.28. The van der Waals surface area contributed by atoms with Gasteiger partial charge in [-0.15, -0.1) is 0 Å². The third-order valence-electron chi connectivity index (χ3n) is 3.35. The van der Waals surface area contributed by atoms with Gasteiger partial charge in [0.15, 0.2) is 5.82 Å². The first-order valence-corrected chi connectivity index (χ1v) is 6.03. The second-order valence-electron chi connectivity index (χ2n) is 4.88. The van der Waals surface area contributed by atoms with Gasteiger partial charge in [0.1, 0.15) is 0 Å². The van der Waals surface area contributed by atoms with Crippen LogP contribution < -0.4 is 5.73 Å². The molecule has 0 aromatic carbocycles. The normalized spacial score (nSPS) is 27.2. The molecule has 0 radical (unpaired) electrons. The van der Waals surface area contributed by atoms with Crippen molar-refractivity contribution < 1.29 is 17.7 Å². The Morgan fingerprint density at radius 3 is 2.67 bits per heavy atom. The van der Waals surface area contributed by atoms with E-state index in [9.17, 15) is 13.2 Å². The van der Waals surface area contributed by atoms with Crippen LogP contribution >= 0.6 is 0 Å². The fourth-order valence-corrected chi connectivity index (χ4v) is 2.31.